The topological polar surface area (TPSA) is 99.0 Å². The zero-order valence-electron chi connectivity index (χ0n) is 19.8. The van der Waals surface area contributed by atoms with E-state index in [9.17, 15) is 24.1 Å². The molecule has 0 bridgehead atoms. The van der Waals surface area contributed by atoms with E-state index >= 15 is 0 Å². The largest absolute Gasteiger partial charge is 0.490 e. The summed E-state index contributed by atoms with van der Waals surface area (Å²) in [7, 11) is 0. The molecule has 1 heterocycles. The first-order chi connectivity index (χ1) is 18.2. The van der Waals surface area contributed by atoms with Gasteiger partial charge in [-0.15, -0.1) is 0 Å². The van der Waals surface area contributed by atoms with Crippen molar-refractivity contribution in [3.05, 3.63) is 101 Å². The minimum Gasteiger partial charge on any atom is -0.490 e. The van der Waals surface area contributed by atoms with E-state index < -0.39 is 21.9 Å². The van der Waals surface area contributed by atoms with Crippen molar-refractivity contribution >= 4 is 68.9 Å². The summed E-state index contributed by atoms with van der Waals surface area (Å²) in [5, 5.41) is 10.7. The SMILES string of the molecule is CCOc1cc(/C=C2\SC(=O)N(Cc3ccc([N+](=O)[O-])cc3)C2=O)cc(I)c1OCc1c(F)cccc1Cl. The number of nitro groups is 1. The zero-order chi connectivity index (χ0) is 27.4. The number of hydrogen-bond donors (Lipinski definition) is 0. The number of hydrogen-bond acceptors (Lipinski definition) is 7. The monoisotopic (exact) mass is 668 g/mol. The fourth-order valence-corrected chi connectivity index (χ4v) is 5.42. The van der Waals surface area contributed by atoms with Crippen molar-refractivity contribution in [3.8, 4) is 11.5 Å². The van der Waals surface area contributed by atoms with Crippen molar-refractivity contribution in [1.82, 2.24) is 4.90 Å². The molecule has 4 rings (SSSR count). The third kappa shape index (κ3) is 6.27. The molecule has 1 aliphatic heterocycles. The highest BCUT2D eigenvalue weighted by Crippen LogP contribution is 2.38. The van der Waals surface area contributed by atoms with Gasteiger partial charge in [-0.3, -0.25) is 24.6 Å². The van der Waals surface area contributed by atoms with E-state index in [0.717, 1.165) is 16.7 Å². The summed E-state index contributed by atoms with van der Waals surface area (Å²) < 4.78 is 26.5. The first-order valence-electron chi connectivity index (χ1n) is 11.2. The van der Waals surface area contributed by atoms with E-state index in [-0.39, 0.29) is 34.3 Å². The number of amides is 2. The fourth-order valence-electron chi connectivity index (χ4n) is 3.58. The predicted octanol–water partition coefficient (Wildman–Crippen LogP) is 7.21. The first-order valence-corrected chi connectivity index (χ1v) is 13.5. The molecule has 196 valence electrons. The molecule has 1 fully saturated rings. The second-order valence-electron chi connectivity index (χ2n) is 7.94. The highest BCUT2D eigenvalue weighted by molar-refractivity contribution is 14.1. The van der Waals surface area contributed by atoms with Gasteiger partial charge in [0.15, 0.2) is 11.5 Å². The second kappa shape index (κ2) is 12.1. The molecule has 0 aromatic heterocycles. The molecule has 0 unspecified atom stereocenters. The molecule has 12 heteroatoms. The molecule has 0 saturated carbocycles. The summed E-state index contributed by atoms with van der Waals surface area (Å²) in [5.41, 5.74) is 1.34. The molecule has 0 radical (unpaired) electrons. The quantitative estimate of drug-likeness (QED) is 0.103. The van der Waals surface area contributed by atoms with Gasteiger partial charge < -0.3 is 9.47 Å². The molecule has 3 aromatic carbocycles. The van der Waals surface area contributed by atoms with Crippen LogP contribution >= 0.6 is 46.0 Å². The van der Waals surface area contributed by atoms with E-state index in [1.54, 1.807) is 31.2 Å². The summed E-state index contributed by atoms with van der Waals surface area (Å²) in [6, 6.07) is 13.5. The van der Waals surface area contributed by atoms with Gasteiger partial charge in [0.2, 0.25) is 0 Å². The molecule has 1 saturated heterocycles. The summed E-state index contributed by atoms with van der Waals surface area (Å²) in [5.74, 6) is -0.161. The van der Waals surface area contributed by atoms with Gasteiger partial charge in [-0.1, -0.05) is 29.8 Å². The smallest absolute Gasteiger partial charge is 0.293 e. The first kappa shape index (κ1) is 27.9. The van der Waals surface area contributed by atoms with Gasteiger partial charge in [0.25, 0.3) is 16.8 Å². The number of ether oxygens (including phenoxy) is 2. The summed E-state index contributed by atoms with van der Waals surface area (Å²) in [6.45, 7) is 2.03. The lowest BCUT2D eigenvalue weighted by Crippen LogP contribution is -2.27. The van der Waals surface area contributed by atoms with Gasteiger partial charge in [-0.25, -0.2) is 4.39 Å². The molecular formula is C26H19ClFIN2O6S. The van der Waals surface area contributed by atoms with Crippen molar-refractivity contribution in [3.63, 3.8) is 0 Å². The number of nitrogens with zero attached hydrogens (tertiary/aromatic N) is 2. The van der Waals surface area contributed by atoms with E-state index in [4.69, 9.17) is 21.1 Å². The standard InChI is InChI=1S/C26H19ClFIN2O6S/c1-2-36-22-11-16(10-21(29)24(22)37-14-18-19(27)4-3-5-20(18)28)12-23-25(32)30(26(33)38-23)13-15-6-8-17(9-7-15)31(34)35/h3-12H,2,13-14H2,1H3/b23-12-. The van der Waals surface area contributed by atoms with Crippen LogP contribution in [0.25, 0.3) is 6.08 Å². The van der Waals surface area contributed by atoms with Crippen LogP contribution in [0.5, 0.6) is 11.5 Å². The molecule has 0 spiro atoms. The van der Waals surface area contributed by atoms with Crippen LogP contribution in [0.1, 0.15) is 23.6 Å². The number of halogens is 3. The van der Waals surface area contributed by atoms with Crippen molar-refractivity contribution < 1.29 is 28.4 Å². The van der Waals surface area contributed by atoms with E-state index in [1.165, 1.54) is 36.4 Å². The Balaban J connectivity index is 1.55. The summed E-state index contributed by atoms with van der Waals surface area (Å²) in [6.07, 6.45) is 1.59. The van der Waals surface area contributed by atoms with Gasteiger partial charge in [0, 0.05) is 17.7 Å². The van der Waals surface area contributed by atoms with Crippen LogP contribution in [-0.2, 0) is 17.9 Å². The number of nitro benzene ring substituents is 1. The maximum atomic E-state index is 14.2. The lowest BCUT2D eigenvalue weighted by molar-refractivity contribution is -0.384. The Morgan fingerprint density at radius 3 is 2.55 bits per heavy atom. The van der Waals surface area contributed by atoms with Crippen molar-refractivity contribution in [2.24, 2.45) is 0 Å². The summed E-state index contributed by atoms with van der Waals surface area (Å²) in [4.78, 5) is 37.2. The summed E-state index contributed by atoms with van der Waals surface area (Å²) >= 11 is 8.97. The third-order valence-corrected chi connectivity index (χ3v) is 7.48. The average Bonchev–Trinajstić information content (AvgIpc) is 3.12. The normalized spacial score (nSPS) is 14.3. The number of carbonyl (C=O) groups is 2. The number of imide groups is 1. The highest BCUT2D eigenvalue weighted by atomic mass is 127. The van der Waals surface area contributed by atoms with Crippen LogP contribution in [-0.4, -0.2) is 27.6 Å². The lowest BCUT2D eigenvalue weighted by atomic mass is 10.1. The molecule has 0 atom stereocenters. The Hall–Kier alpha value is -3.16. The van der Waals surface area contributed by atoms with Crippen molar-refractivity contribution in [1.29, 1.82) is 0 Å². The van der Waals surface area contributed by atoms with Gasteiger partial charge in [-0.2, -0.15) is 0 Å². The zero-order valence-corrected chi connectivity index (χ0v) is 23.5. The van der Waals surface area contributed by atoms with Crippen LogP contribution in [0.15, 0.2) is 59.5 Å². The molecule has 0 N–H and O–H groups in total. The highest BCUT2D eigenvalue weighted by Gasteiger charge is 2.35. The Labute approximate surface area is 240 Å². The minimum atomic E-state index is -0.518. The Morgan fingerprint density at radius 2 is 1.89 bits per heavy atom. The Morgan fingerprint density at radius 1 is 1.16 bits per heavy atom. The molecule has 1 aliphatic rings. The van der Waals surface area contributed by atoms with Crippen LogP contribution in [0.4, 0.5) is 14.9 Å². The molecule has 3 aromatic rings. The lowest BCUT2D eigenvalue weighted by Gasteiger charge is -2.16. The number of non-ortho nitro benzene ring substituents is 1. The van der Waals surface area contributed by atoms with Gasteiger partial charge >= 0.3 is 0 Å². The van der Waals surface area contributed by atoms with Gasteiger partial charge in [0.05, 0.1) is 31.6 Å². The predicted molar refractivity (Wildman–Crippen MR) is 151 cm³/mol. The Bertz CT molecular complexity index is 1430. The molecule has 0 aliphatic carbocycles. The van der Waals surface area contributed by atoms with Crippen molar-refractivity contribution in [2.75, 3.05) is 6.61 Å². The average molecular weight is 669 g/mol. The Kier molecular flexibility index (Phi) is 8.90. The molecule has 8 nitrogen and oxygen atoms in total. The van der Waals surface area contributed by atoms with Crippen LogP contribution in [0.3, 0.4) is 0 Å². The molecule has 2 amide bonds. The second-order valence-corrected chi connectivity index (χ2v) is 10.5. The van der Waals surface area contributed by atoms with Crippen LogP contribution in [0.2, 0.25) is 5.02 Å². The van der Waals surface area contributed by atoms with Crippen LogP contribution < -0.4 is 9.47 Å². The van der Waals surface area contributed by atoms with E-state index in [1.807, 2.05) is 0 Å². The number of benzene rings is 3. The van der Waals surface area contributed by atoms with Gasteiger partial charge in [0.1, 0.15) is 12.4 Å². The third-order valence-electron chi connectivity index (χ3n) is 5.41. The van der Waals surface area contributed by atoms with E-state index in [0.29, 0.717) is 32.8 Å². The van der Waals surface area contributed by atoms with Crippen molar-refractivity contribution in [2.45, 2.75) is 20.1 Å². The fraction of sp³-hybridized carbons (Fsp3) is 0.154. The van der Waals surface area contributed by atoms with Crippen LogP contribution in [0, 0.1) is 19.5 Å². The number of carbonyl (C=O) groups excluding carboxylic acids is 2. The molecule has 38 heavy (non-hydrogen) atoms. The maximum Gasteiger partial charge on any atom is 0.293 e. The minimum absolute atomic E-state index is 0.00683. The van der Waals surface area contributed by atoms with Gasteiger partial charge in [-0.05, 0) is 82.7 Å². The number of rotatable bonds is 9. The maximum absolute atomic E-state index is 14.2. The number of thioether (sulfide) groups is 1. The van der Waals surface area contributed by atoms with E-state index in [2.05, 4.69) is 22.6 Å². The molecular weight excluding hydrogens is 650 g/mol.